The fourth-order valence-corrected chi connectivity index (χ4v) is 2.99. The molecule has 0 radical (unpaired) electrons. The van der Waals surface area contributed by atoms with Gasteiger partial charge in [0.15, 0.2) is 0 Å². The van der Waals surface area contributed by atoms with E-state index in [-0.39, 0.29) is 18.3 Å². The molecule has 0 spiro atoms. The number of benzene rings is 2. The van der Waals surface area contributed by atoms with E-state index >= 15 is 0 Å². The summed E-state index contributed by atoms with van der Waals surface area (Å²) >= 11 is 0. The first-order chi connectivity index (χ1) is 12.3. The summed E-state index contributed by atoms with van der Waals surface area (Å²) in [5.74, 6) is 0.634. The Hall–Kier alpha value is -2.24. The standard InChI is InChI=1S/C20H25N3O2.ClH/c21-12-15-25-19-10-6-17(7-11-19)22-20(24)16-4-8-18(9-5-16)23-13-2-1-3-14-23;/h4-11H,1-3,12-15,21H2,(H,22,24);1H. The molecule has 0 aromatic heterocycles. The number of nitrogens with two attached hydrogens (primary N) is 1. The van der Waals surface area contributed by atoms with E-state index in [1.54, 1.807) is 0 Å². The molecule has 3 N–H and O–H groups in total. The molecule has 1 amide bonds. The second kappa shape index (κ2) is 10.0. The van der Waals surface area contributed by atoms with Crippen molar-refractivity contribution in [2.24, 2.45) is 5.73 Å². The Morgan fingerprint density at radius 3 is 2.27 bits per heavy atom. The van der Waals surface area contributed by atoms with Gasteiger partial charge in [0, 0.05) is 36.6 Å². The van der Waals surface area contributed by atoms with Gasteiger partial charge in [0.2, 0.25) is 0 Å². The molecule has 1 aliphatic rings. The highest BCUT2D eigenvalue weighted by molar-refractivity contribution is 6.04. The van der Waals surface area contributed by atoms with Gasteiger partial charge in [-0.05, 0) is 67.8 Å². The molecule has 0 unspecified atom stereocenters. The summed E-state index contributed by atoms with van der Waals surface area (Å²) in [6.07, 6.45) is 3.80. The van der Waals surface area contributed by atoms with Crippen molar-refractivity contribution in [3.05, 3.63) is 54.1 Å². The Labute approximate surface area is 160 Å². The normalized spacial score (nSPS) is 13.7. The van der Waals surface area contributed by atoms with Crippen LogP contribution in [-0.4, -0.2) is 32.1 Å². The molecule has 5 nitrogen and oxygen atoms in total. The van der Waals surface area contributed by atoms with Crippen molar-refractivity contribution >= 4 is 29.7 Å². The molecule has 2 aromatic rings. The molecular formula is C20H26ClN3O2. The van der Waals surface area contributed by atoms with Gasteiger partial charge >= 0.3 is 0 Å². The topological polar surface area (TPSA) is 67.6 Å². The van der Waals surface area contributed by atoms with Crippen LogP contribution in [0.4, 0.5) is 11.4 Å². The molecule has 0 bridgehead atoms. The van der Waals surface area contributed by atoms with Crippen LogP contribution in [0.25, 0.3) is 0 Å². The molecular weight excluding hydrogens is 350 g/mol. The van der Waals surface area contributed by atoms with Crippen molar-refractivity contribution in [3.63, 3.8) is 0 Å². The van der Waals surface area contributed by atoms with Gasteiger partial charge in [-0.3, -0.25) is 4.79 Å². The maximum atomic E-state index is 12.4. The molecule has 1 aliphatic heterocycles. The lowest BCUT2D eigenvalue weighted by Gasteiger charge is -2.28. The van der Waals surface area contributed by atoms with E-state index in [1.807, 2.05) is 48.5 Å². The number of carbonyl (C=O) groups excluding carboxylic acids is 1. The maximum absolute atomic E-state index is 12.4. The molecule has 1 saturated heterocycles. The zero-order valence-electron chi connectivity index (χ0n) is 14.8. The quantitative estimate of drug-likeness (QED) is 0.808. The Morgan fingerprint density at radius 1 is 1.00 bits per heavy atom. The highest BCUT2D eigenvalue weighted by Gasteiger charge is 2.12. The average molecular weight is 376 g/mol. The van der Waals surface area contributed by atoms with Crippen molar-refractivity contribution < 1.29 is 9.53 Å². The van der Waals surface area contributed by atoms with Gasteiger partial charge in [-0.1, -0.05) is 0 Å². The largest absolute Gasteiger partial charge is 0.492 e. The minimum Gasteiger partial charge on any atom is -0.492 e. The first-order valence-corrected chi connectivity index (χ1v) is 8.85. The molecule has 140 valence electrons. The molecule has 0 atom stereocenters. The minimum absolute atomic E-state index is 0. The monoisotopic (exact) mass is 375 g/mol. The zero-order valence-corrected chi connectivity index (χ0v) is 15.6. The number of nitrogens with zero attached hydrogens (tertiary/aromatic N) is 1. The lowest BCUT2D eigenvalue weighted by Crippen LogP contribution is -2.29. The van der Waals surface area contributed by atoms with Gasteiger partial charge in [0.05, 0.1) is 0 Å². The summed E-state index contributed by atoms with van der Waals surface area (Å²) in [6.45, 7) is 3.16. The van der Waals surface area contributed by atoms with E-state index in [0.29, 0.717) is 18.7 Å². The number of piperidine rings is 1. The smallest absolute Gasteiger partial charge is 0.255 e. The molecule has 0 saturated carbocycles. The fraction of sp³-hybridized carbons (Fsp3) is 0.350. The Kier molecular flexibility index (Phi) is 7.75. The second-order valence-corrected chi connectivity index (χ2v) is 6.21. The highest BCUT2D eigenvalue weighted by atomic mass is 35.5. The summed E-state index contributed by atoms with van der Waals surface area (Å²) in [5.41, 5.74) is 8.00. The summed E-state index contributed by atoms with van der Waals surface area (Å²) in [6, 6.07) is 15.1. The van der Waals surface area contributed by atoms with Crippen LogP contribution >= 0.6 is 12.4 Å². The molecule has 1 fully saturated rings. The van der Waals surface area contributed by atoms with Crippen LogP contribution in [0.3, 0.4) is 0 Å². The van der Waals surface area contributed by atoms with Crippen LogP contribution in [0.15, 0.2) is 48.5 Å². The van der Waals surface area contributed by atoms with Crippen LogP contribution in [0.1, 0.15) is 29.6 Å². The molecule has 6 heteroatoms. The predicted octanol–water partition coefficient (Wildman–Crippen LogP) is 3.69. The Bertz CT molecular complexity index is 683. The van der Waals surface area contributed by atoms with E-state index in [0.717, 1.165) is 24.5 Å². The van der Waals surface area contributed by atoms with Crippen LogP contribution < -0.4 is 20.7 Å². The minimum atomic E-state index is -0.110. The van der Waals surface area contributed by atoms with Crippen LogP contribution in [0.2, 0.25) is 0 Å². The maximum Gasteiger partial charge on any atom is 0.255 e. The summed E-state index contributed by atoms with van der Waals surface area (Å²) in [5, 5.41) is 2.91. The summed E-state index contributed by atoms with van der Waals surface area (Å²) in [7, 11) is 0. The van der Waals surface area contributed by atoms with Gasteiger partial charge in [-0.2, -0.15) is 0 Å². The SMILES string of the molecule is Cl.NCCOc1ccc(NC(=O)c2ccc(N3CCCCC3)cc2)cc1. The van der Waals surface area contributed by atoms with Gasteiger partial charge < -0.3 is 20.7 Å². The highest BCUT2D eigenvalue weighted by Crippen LogP contribution is 2.21. The fourth-order valence-electron chi connectivity index (χ4n) is 2.99. The van der Waals surface area contributed by atoms with Gasteiger partial charge in [-0.25, -0.2) is 0 Å². The number of rotatable bonds is 6. The van der Waals surface area contributed by atoms with Crippen molar-refractivity contribution in [1.82, 2.24) is 0 Å². The Balaban J connectivity index is 0.00000243. The van der Waals surface area contributed by atoms with E-state index in [1.165, 1.54) is 24.9 Å². The lowest BCUT2D eigenvalue weighted by atomic mass is 10.1. The van der Waals surface area contributed by atoms with E-state index in [2.05, 4.69) is 10.2 Å². The third-order valence-electron chi connectivity index (χ3n) is 4.35. The van der Waals surface area contributed by atoms with Crippen molar-refractivity contribution in [1.29, 1.82) is 0 Å². The van der Waals surface area contributed by atoms with E-state index in [4.69, 9.17) is 10.5 Å². The van der Waals surface area contributed by atoms with Crippen molar-refractivity contribution in [2.75, 3.05) is 36.5 Å². The third-order valence-corrected chi connectivity index (χ3v) is 4.35. The van der Waals surface area contributed by atoms with Crippen molar-refractivity contribution in [2.45, 2.75) is 19.3 Å². The Morgan fingerprint density at radius 2 is 1.65 bits per heavy atom. The number of hydrogen-bond acceptors (Lipinski definition) is 4. The van der Waals surface area contributed by atoms with Gasteiger partial charge in [0.1, 0.15) is 12.4 Å². The number of halogens is 1. The number of nitrogens with one attached hydrogen (secondary N) is 1. The first kappa shape index (κ1) is 20.1. The third kappa shape index (κ3) is 5.38. The predicted molar refractivity (Wildman–Crippen MR) is 109 cm³/mol. The van der Waals surface area contributed by atoms with Crippen LogP contribution in [0.5, 0.6) is 5.75 Å². The number of anilines is 2. The lowest BCUT2D eigenvalue weighted by molar-refractivity contribution is 0.102. The number of carbonyl (C=O) groups is 1. The molecule has 2 aromatic carbocycles. The number of ether oxygens (including phenoxy) is 1. The molecule has 1 heterocycles. The van der Waals surface area contributed by atoms with Crippen LogP contribution in [-0.2, 0) is 0 Å². The molecule has 0 aliphatic carbocycles. The van der Waals surface area contributed by atoms with E-state index < -0.39 is 0 Å². The van der Waals surface area contributed by atoms with Crippen LogP contribution in [0, 0.1) is 0 Å². The number of hydrogen-bond donors (Lipinski definition) is 2. The summed E-state index contributed by atoms with van der Waals surface area (Å²) < 4.78 is 5.43. The van der Waals surface area contributed by atoms with Gasteiger partial charge in [-0.15, -0.1) is 12.4 Å². The number of amides is 1. The molecule has 3 rings (SSSR count). The second-order valence-electron chi connectivity index (χ2n) is 6.21. The zero-order chi connectivity index (χ0) is 17.5. The summed E-state index contributed by atoms with van der Waals surface area (Å²) in [4.78, 5) is 14.8. The average Bonchev–Trinajstić information content (AvgIpc) is 2.68. The first-order valence-electron chi connectivity index (χ1n) is 8.85. The van der Waals surface area contributed by atoms with Crippen molar-refractivity contribution in [3.8, 4) is 5.75 Å². The van der Waals surface area contributed by atoms with E-state index in [9.17, 15) is 4.79 Å². The van der Waals surface area contributed by atoms with Gasteiger partial charge in [0.25, 0.3) is 5.91 Å². The molecule has 26 heavy (non-hydrogen) atoms.